The van der Waals surface area contributed by atoms with Gasteiger partial charge in [-0.05, 0) is 25.9 Å². The van der Waals surface area contributed by atoms with E-state index in [1.807, 2.05) is 4.90 Å². The van der Waals surface area contributed by atoms with E-state index in [-0.39, 0.29) is 11.9 Å². The summed E-state index contributed by atoms with van der Waals surface area (Å²) in [5.41, 5.74) is 0. The first kappa shape index (κ1) is 15.4. The molecule has 4 heteroatoms. The van der Waals surface area contributed by atoms with Crippen LogP contribution < -0.4 is 5.32 Å². The minimum atomic E-state index is 0.0224. The van der Waals surface area contributed by atoms with Gasteiger partial charge in [0.05, 0.1) is 12.7 Å². The van der Waals surface area contributed by atoms with Crippen molar-refractivity contribution in [3.05, 3.63) is 0 Å². The quantitative estimate of drug-likeness (QED) is 0.749. The molecule has 3 atom stereocenters. The fourth-order valence-corrected chi connectivity index (χ4v) is 2.55. The lowest BCUT2D eigenvalue weighted by atomic mass is 9.99. The van der Waals surface area contributed by atoms with Crippen molar-refractivity contribution < 1.29 is 4.79 Å². The smallest absolute Gasteiger partial charge is 0.241 e. The summed E-state index contributed by atoms with van der Waals surface area (Å²) < 4.78 is 0. The average Bonchev–Trinajstić information content (AvgIpc) is 2.76. The Morgan fingerprint density at radius 3 is 2.44 bits per heavy atom. The zero-order chi connectivity index (χ0) is 13.7. The summed E-state index contributed by atoms with van der Waals surface area (Å²) in [5.74, 6) is 0.701. The number of amides is 1. The van der Waals surface area contributed by atoms with Crippen LogP contribution in [0.1, 0.15) is 41.0 Å². The molecule has 0 spiro atoms. The molecule has 1 N–H and O–H groups in total. The fourth-order valence-electron chi connectivity index (χ4n) is 2.55. The van der Waals surface area contributed by atoms with Gasteiger partial charge in [0.1, 0.15) is 0 Å². The van der Waals surface area contributed by atoms with E-state index < -0.39 is 0 Å². The van der Waals surface area contributed by atoms with Crippen molar-refractivity contribution in [2.24, 2.45) is 5.92 Å². The van der Waals surface area contributed by atoms with Crippen LogP contribution in [0.3, 0.4) is 0 Å². The lowest BCUT2D eigenvalue weighted by molar-refractivity contribution is -0.131. The van der Waals surface area contributed by atoms with Gasteiger partial charge in [0.2, 0.25) is 5.91 Å². The minimum Gasteiger partial charge on any atom is -0.325 e. The zero-order valence-corrected chi connectivity index (χ0v) is 12.6. The van der Waals surface area contributed by atoms with Crippen LogP contribution in [0.2, 0.25) is 0 Å². The molecule has 1 rings (SSSR count). The van der Waals surface area contributed by atoms with Crippen LogP contribution in [0.25, 0.3) is 0 Å². The lowest BCUT2D eigenvalue weighted by Gasteiger charge is -2.29. The first-order valence-corrected chi connectivity index (χ1v) is 7.31. The predicted octanol–water partition coefficient (Wildman–Crippen LogP) is 1.52. The highest BCUT2D eigenvalue weighted by molar-refractivity contribution is 5.84. The Morgan fingerprint density at radius 2 is 1.94 bits per heavy atom. The first-order valence-electron chi connectivity index (χ1n) is 7.31. The van der Waals surface area contributed by atoms with E-state index in [1.54, 1.807) is 0 Å². The first-order chi connectivity index (χ1) is 8.54. The molecule has 0 aromatic heterocycles. The summed E-state index contributed by atoms with van der Waals surface area (Å²) in [6, 6.07) is 0.313. The zero-order valence-electron chi connectivity index (χ0n) is 12.6. The molecule has 1 aliphatic heterocycles. The van der Waals surface area contributed by atoms with Crippen molar-refractivity contribution in [2.75, 3.05) is 26.3 Å². The number of nitrogens with one attached hydrogen (secondary N) is 1. The molecule has 3 unspecified atom stereocenters. The van der Waals surface area contributed by atoms with Crippen LogP contribution in [0.4, 0.5) is 0 Å². The third kappa shape index (κ3) is 3.45. The Bertz CT molecular complexity index is 266. The molecule has 1 heterocycles. The second kappa shape index (κ2) is 7.10. The van der Waals surface area contributed by atoms with E-state index >= 15 is 0 Å². The molecule has 0 bridgehead atoms. The van der Waals surface area contributed by atoms with Crippen LogP contribution in [-0.4, -0.2) is 54.1 Å². The molecule has 1 amide bonds. The Morgan fingerprint density at radius 1 is 1.33 bits per heavy atom. The molecule has 0 radical (unpaired) electrons. The predicted molar refractivity (Wildman–Crippen MR) is 75.3 cm³/mol. The maximum absolute atomic E-state index is 12.4. The molecule has 0 saturated carbocycles. The van der Waals surface area contributed by atoms with Crippen LogP contribution in [0, 0.1) is 5.92 Å². The van der Waals surface area contributed by atoms with Crippen molar-refractivity contribution >= 4 is 5.91 Å². The van der Waals surface area contributed by atoms with Gasteiger partial charge < -0.3 is 9.80 Å². The molecule has 1 aliphatic rings. The van der Waals surface area contributed by atoms with Crippen molar-refractivity contribution in [1.82, 2.24) is 15.1 Å². The molecular formula is C14H29N3O. The molecule has 18 heavy (non-hydrogen) atoms. The maximum Gasteiger partial charge on any atom is 0.241 e. The van der Waals surface area contributed by atoms with E-state index in [0.29, 0.717) is 18.6 Å². The van der Waals surface area contributed by atoms with Gasteiger partial charge in [-0.15, -0.1) is 0 Å². The summed E-state index contributed by atoms with van der Waals surface area (Å²) in [5, 5.41) is 3.36. The van der Waals surface area contributed by atoms with E-state index in [9.17, 15) is 4.79 Å². The van der Waals surface area contributed by atoms with Crippen LogP contribution in [0.5, 0.6) is 0 Å². The highest BCUT2D eigenvalue weighted by Gasteiger charge is 2.36. The molecule has 1 saturated heterocycles. The van der Waals surface area contributed by atoms with E-state index in [0.717, 1.165) is 26.1 Å². The van der Waals surface area contributed by atoms with Gasteiger partial charge in [-0.2, -0.15) is 0 Å². The van der Waals surface area contributed by atoms with Crippen LogP contribution in [-0.2, 0) is 4.79 Å². The summed E-state index contributed by atoms with van der Waals surface area (Å²) in [6.45, 7) is 14.5. The third-order valence-electron chi connectivity index (χ3n) is 4.19. The second-order valence-corrected chi connectivity index (χ2v) is 5.37. The molecular weight excluding hydrogens is 226 g/mol. The number of hydrogen-bond donors (Lipinski definition) is 1. The largest absolute Gasteiger partial charge is 0.325 e. The Kier molecular flexibility index (Phi) is 6.09. The van der Waals surface area contributed by atoms with Gasteiger partial charge in [0.15, 0.2) is 0 Å². The van der Waals surface area contributed by atoms with E-state index in [4.69, 9.17) is 0 Å². The molecule has 0 aliphatic carbocycles. The standard InChI is InChI=1S/C14H29N3O/c1-6-11(4)13-14(18)17(10-15-13)12(5)9-16(7-2)8-3/h11-13,15H,6-10H2,1-5H3. The molecule has 4 nitrogen and oxygen atoms in total. The highest BCUT2D eigenvalue weighted by Crippen LogP contribution is 2.17. The molecule has 1 fully saturated rings. The van der Waals surface area contributed by atoms with Gasteiger partial charge in [-0.25, -0.2) is 0 Å². The van der Waals surface area contributed by atoms with Crippen LogP contribution in [0.15, 0.2) is 0 Å². The second-order valence-electron chi connectivity index (χ2n) is 5.37. The van der Waals surface area contributed by atoms with Gasteiger partial charge in [-0.3, -0.25) is 10.1 Å². The minimum absolute atomic E-state index is 0.0224. The van der Waals surface area contributed by atoms with Crippen molar-refractivity contribution in [3.8, 4) is 0 Å². The number of rotatable bonds is 7. The van der Waals surface area contributed by atoms with Crippen molar-refractivity contribution in [1.29, 1.82) is 0 Å². The van der Waals surface area contributed by atoms with Gasteiger partial charge in [-0.1, -0.05) is 34.1 Å². The number of carbonyl (C=O) groups is 1. The summed E-state index contributed by atoms with van der Waals surface area (Å²) >= 11 is 0. The third-order valence-corrected chi connectivity index (χ3v) is 4.19. The van der Waals surface area contributed by atoms with E-state index in [1.165, 1.54) is 0 Å². The molecule has 0 aromatic carbocycles. The SMILES string of the molecule is CCC(C)C1NCN(C(C)CN(CC)CC)C1=O. The summed E-state index contributed by atoms with van der Waals surface area (Å²) in [4.78, 5) is 16.7. The van der Waals surface area contributed by atoms with Crippen molar-refractivity contribution in [2.45, 2.75) is 53.1 Å². The monoisotopic (exact) mass is 255 g/mol. The summed E-state index contributed by atoms with van der Waals surface area (Å²) in [6.07, 6.45) is 1.04. The highest BCUT2D eigenvalue weighted by atomic mass is 16.2. The molecule has 0 aromatic rings. The number of hydrogen-bond acceptors (Lipinski definition) is 3. The number of likely N-dealkylation sites (N-methyl/N-ethyl adjacent to an activating group) is 1. The number of nitrogens with zero attached hydrogens (tertiary/aromatic N) is 2. The van der Waals surface area contributed by atoms with Crippen LogP contribution >= 0.6 is 0 Å². The summed E-state index contributed by atoms with van der Waals surface area (Å²) in [7, 11) is 0. The normalized spacial score (nSPS) is 23.8. The van der Waals surface area contributed by atoms with Gasteiger partial charge in [0.25, 0.3) is 0 Å². The van der Waals surface area contributed by atoms with E-state index in [2.05, 4.69) is 44.8 Å². The lowest BCUT2D eigenvalue weighted by Crippen LogP contribution is -2.44. The Labute approximate surface area is 112 Å². The number of carbonyl (C=O) groups excluding carboxylic acids is 1. The van der Waals surface area contributed by atoms with Gasteiger partial charge in [0, 0.05) is 12.6 Å². The fraction of sp³-hybridized carbons (Fsp3) is 0.929. The van der Waals surface area contributed by atoms with Gasteiger partial charge >= 0.3 is 0 Å². The maximum atomic E-state index is 12.4. The topological polar surface area (TPSA) is 35.6 Å². The Hall–Kier alpha value is -0.610. The molecule has 106 valence electrons. The van der Waals surface area contributed by atoms with Crippen molar-refractivity contribution in [3.63, 3.8) is 0 Å². The average molecular weight is 255 g/mol. The Balaban J connectivity index is 2.55.